The van der Waals surface area contributed by atoms with E-state index in [0.29, 0.717) is 0 Å². The number of aliphatic imine (C=N–C) groups is 1. The average Bonchev–Trinajstić information content (AvgIpc) is 3.56. The van der Waals surface area contributed by atoms with Crippen molar-refractivity contribution >= 4 is 60.4 Å². The fourth-order valence-electron chi connectivity index (χ4n) is 5.62. The zero-order valence-corrected chi connectivity index (χ0v) is 31.8. The number of hydrogen-bond acceptors (Lipinski definition) is 4. The van der Waals surface area contributed by atoms with Crippen LogP contribution in [-0.2, 0) is 6.42 Å². The largest absolute Gasteiger partial charge is 0.397 e. The van der Waals surface area contributed by atoms with Crippen LogP contribution in [0.4, 0.5) is 5.69 Å². The number of aryl methyl sites for hydroxylation is 1. The highest BCUT2D eigenvalue weighted by atomic mass is 32.1. The van der Waals surface area contributed by atoms with Crippen molar-refractivity contribution in [1.82, 2.24) is 4.98 Å². The summed E-state index contributed by atoms with van der Waals surface area (Å²) in [5.41, 5.74) is 16.5. The van der Waals surface area contributed by atoms with Crippen molar-refractivity contribution in [3.8, 4) is 11.8 Å². The first-order valence-corrected chi connectivity index (χ1v) is 18.5. The molecule has 7 aromatic rings. The van der Waals surface area contributed by atoms with Gasteiger partial charge in [-0.1, -0.05) is 135 Å². The molecule has 0 aliphatic rings. The molecule has 0 spiro atoms. The Morgan fingerprint density at radius 2 is 1.38 bits per heavy atom. The van der Waals surface area contributed by atoms with Crippen LogP contribution in [0, 0.1) is 11.8 Å². The predicted octanol–water partition coefficient (Wildman–Crippen LogP) is 12.9. The van der Waals surface area contributed by atoms with Crippen LogP contribution in [0.25, 0.3) is 37.7 Å². The fourth-order valence-corrected chi connectivity index (χ4v) is 6.75. The van der Waals surface area contributed by atoms with Gasteiger partial charge >= 0.3 is 0 Å². The molecule has 262 valence electrons. The minimum atomic E-state index is 0.735. The van der Waals surface area contributed by atoms with Crippen LogP contribution in [0.15, 0.2) is 170 Å². The summed E-state index contributed by atoms with van der Waals surface area (Å²) in [6.45, 7) is 16.3. The van der Waals surface area contributed by atoms with Crippen LogP contribution in [0.1, 0.15) is 60.5 Å². The molecule has 0 saturated heterocycles. The number of allylic oxidation sites excluding steroid dienone is 3. The Hall–Kier alpha value is -6.28. The number of rotatable bonds is 8. The van der Waals surface area contributed by atoms with Gasteiger partial charge in [-0.25, -0.2) is 4.99 Å². The van der Waals surface area contributed by atoms with Crippen molar-refractivity contribution in [2.75, 3.05) is 5.73 Å². The molecule has 5 aromatic carbocycles. The molecule has 7 rings (SSSR count). The van der Waals surface area contributed by atoms with Crippen LogP contribution < -0.4 is 5.73 Å². The third kappa shape index (κ3) is 9.95. The van der Waals surface area contributed by atoms with Crippen molar-refractivity contribution in [3.05, 3.63) is 198 Å². The maximum absolute atomic E-state index is 6.53. The fraction of sp³-hybridized carbons (Fsp3) is 0.102. The Morgan fingerprint density at radius 1 is 0.736 bits per heavy atom. The van der Waals surface area contributed by atoms with E-state index in [-0.39, 0.29) is 0 Å². The maximum Gasteiger partial charge on any atom is 0.0902 e. The van der Waals surface area contributed by atoms with E-state index in [0.717, 1.165) is 72.0 Å². The Balaban J connectivity index is 0.000000192. The van der Waals surface area contributed by atoms with Gasteiger partial charge in [0, 0.05) is 21.8 Å². The van der Waals surface area contributed by atoms with Crippen LogP contribution in [0.5, 0.6) is 0 Å². The van der Waals surface area contributed by atoms with Gasteiger partial charge in [-0.05, 0) is 96.1 Å². The Bertz CT molecular complexity index is 2430. The van der Waals surface area contributed by atoms with Gasteiger partial charge in [0.15, 0.2) is 0 Å². The molecule has 0 amide bonds. The van der Waals surface area contributed by atoms with E-state index in [4.69, 9.17) is 10.7 Å². The molecule has 2 aromatic heterocycles. The van der Waals surface area contributed by atoms with E-state index in [2.05, 4.69) is 141 Å². The van der Waals surface area contributed by atoms with E-state index in [1.165, 1.54) is 16.3 Å². The number of nitrogen functional groups attached to an aromatic ring is 1. The van der Waals surface area contributed by atoms with E-state index in [1.807, 2.05) is 68.6 Å². The summed E-state index contributed by atoms with van der Waals surface area (Å²) in [6.07, 6.45) is 4.92. The second-order valence-electron chi connectivity index (χ2n) is 12.3. The van der Waals surface area contributed by atoms with Gasteiger partial charge in [0.2, 0.25) is 0 Å². The van der Waals surface area contributed by atoms with Crippen molar-refractivity contribution in [3.63, 3.8) is 0 Å². The third-order valence-electron chi connectivity index (χ3n) is 8.67. The summed E-state index contributed by atoms with van der Waals surface area (Å²) in [5, 5.41) is 3.56. The molecule has 0 fully saturated rings. The van der Waals surface area contributed by atoms with E-state index < -0.39 is 0 Å². The summed E-state index contributed by atoms with van der Waals surface area (Å²) in [5.74, 6) is 5.36. The highest BCUT2D eigenvalue weighted by molar-refractivity contribution is 7.21. The summed E-state index contributed by atoms with van der Waals surface area (Å²) >= 11 is 1.67. The first-order chi connectivity index (χ1) is 25.8. The molecule has 0 radical (unpaired) electrons. The van der Waals surface area contributed by atoms with E-state index in [1.54, 1.807) is 11.3 Å². The summed E-state index contributed by atoms with van der Waals surface area (Å²) < 4.78 is 1.16. The molecule has 0 aliphatic heterocycles. The van der Waals surface area contributed by atoms with Gasteiger partial charge in [0.25, 0.3) is 0 Å². The molecular formula is C49H45N3S. The molecule has 4 heteroatoms. The first kappa shape index (κ1) is 38.0. The molecule has 2 N–H and O–H groups in total. The number of nitrogens with two attached hydrogens (primary N) is 1. The van der Waals surface area contributed by atoms with Crippen LogP contribution in [0.3, 0.4) is 0 Å². The third-order valence-corrected chi connectivity index (χ3v) is 9.86. The molecule has 0 atom stereocenters. The number of pyridine rings is 1. The lowest BCUT2D eigenvalue weighted by atomic mass is 10.00. The number of nitrogens with zero attached hydrogens (tertiary/aromatic N) is 2. The van der Waals surface area contributed by atoms with Crippen LogP contribution in [0.2, 0.25) is 0 Å². The van der Waals surface area contributed by atoms with Crippen molar-refractivity contribution in [2.45, 2.75) is 34.1 Å². The maximum atomic E-state index is 6.53. The summed E-state index contributed by atoms with van der Waals surface area (Å²) in [7, 11) is 0. The lowest BCUT2D eigenvalue weighted by molar-refractivity contribution is 1.14. The van der Waals surface area contributed by atoms with Gasteiger partial charge in [0.1, 0.15) is 0 Å². The topological polar surface area (TPSA) is 51.3 Å². The van der Waals surface area contributed by atoms with Gasteiger partial charge in [-0.15, -0.1) is 23.2 Å². The number of hydrogen-bond donors (Lipinski definition) is 1. The number of aromatic nitrogens is 1. The lowest BCUT2D eigenvalue weighted by Gasteiger charge is -2.09. The monoisotopic (exact) mass is 707 g/mol. The molecule has 2 heterocycles. The number of benzene rings is 5. The number of anilines is 1. The number of fused-ring (bicyclic) bond motifs is 2. The van der Waals surface area contributed by atoms with Gasteiger partial charge in [0.05, 0.1) is 27.7 Å². The van der Waals surface area contributed by atoms with Crippen LogP contribution >= 0.6 is 11.3 Å². The highest BCUT2D eigenvalue weighted by Crippen LogP contribution is 2.36. The molecule has 0 bridgehead atoms. The van der Waals surface area contributed by atoms with E-state index in [9.17, 15) is 0 Å². The standard InChI is InChI=1S/C25H22N2S.C20H17N.C4H6/c1-3-18-13-15-19(16-14-18)17(2)27-24(20-9-5-4-6-10-20)25-23(26)21-11-7-8-12-22(21)28-25;1-15(13-16(2)20-9-5-6-12-21-20)18-11-10-17-7-3-4-8-19(17)14-18;1-3-4-2/h4-16H,2-3,26H2,1H3;3-14H,1H2,2H3;1-2H3/b;16-13+;. The molecular weight excluding hydrogens is 663 g/mol. The average molecular weight is 708 g/mol. The predicted molar refractivity (Wildman–Crippen MR) is 233 cm³/mol. The summed E-state index contributed by atoms with van der Waals surface area (Å²) in [4.78, 5) is 10.3. The highest BCUT2D eigenvalue weighted by Gasteiger charge is 2.17. The molecule has 0 aliphatic carbocycles. The zero-order chi connectivity index (χ0) is 37.6. The van der Waals surface area contributed by atoms with Crippen molar-refractivity contribution < 1.29 is 0 Å². The molecule has 0 unspecified atom stereocenters. The SMILES string of the molecule is C=C(/C=C(\C)c1ccccn1)c1ccc2ccccc2c1.C=C(N=C(c1ccccc1)c1sc2ccccc2c1N)c1ccc(CC)cc1.CC#CC. The van der Waals surface area contributed by atoms with E-state index >= 15 is 0 Å². The Kier molecular flexibility index (Phi) is 13.5. The van der Waals surface area contributed by atoms with Gasteiger partial charge < -0.3 is 5.73 Å². The summed E-state index contributed by atoms with van der Waals surface area (Å²) in [6, 6.07) is 47.6. The zero-order valence-electron chi connectivity index (χ0n) is 30.9. The Morgan fingerprint density at radius 3 is 2.04 bits per heavy atom. The van der Waals surface area contributed by atoms with Crippen molar-refractivity contribution in [2.24, 2.45) is 4.99 Å². The first-order valence-electron chi connectivity index (χ1n) is 17.6. The lowest BCUT2D eigenvalue weighted by Crippen LogP contribution is -2.04. The normalized spacial score (nSPS) is 11.0. The Labute approximate surface area is 318 Å². The molecule has 3 nitrogen and oxygen atoms in total. The minimum absolute atomic E-state index is 0.735. The minimum Gasteiger partial charge on any atom is -0.397 e. The van der Waals surface area contributed by atoms with Gasteiger partial charge in [-0.2, -0.15) is 0 Å². The molecule has 53 heavy (non-hydrogen) atoms. The second kappa shape index (κ2) is 18.8. The van der Waals surface area contributed by atoms with Crippen molar-refractivity contribution in [1.29, 1.82) is 0 Å². The second-order valence-corrected chi connectivity index (χ2v) is 13.3. The smallest absolute Gasteiger partial charge is 0.0902 e. The quantitative estimate of drug-likeness (QED) is 0.0971. The molecule has 0 saturated carbocycles. The number of thiophene rings is 1. The van der Waals surface area contributed by atoms with Gasteiger partial charge in [-0.3, -0.25) is 4.98 Å². The van der Waals surface area contributed by atoms with Crippen LogP contribution in [-0.4, -0.2) is 10.7 Å².